The Labute approximate surface area is 201 Å². The Morgan fingerprint density at radius 1 is 1.21 bits per heavy atom. The number of aryl methyl sites for hydroxylation is 1. The van der Waals surface area contributed by atoms with Gasteiger partial charge in [-0.3, -0.25) is 18.9 Å². The fourth-order valence-corrected chi connectivity index (χ4v) is 4.97. The predicted octanol–water partition coefficient (Wildman–Crippen LogP) is 4.99. The van der Waals surface area contributed by atoms with Crippen LogP contribution in [0.15, 0.2) is 50.8 Å². The standard InChI is InChI=1S/C24H26N4O3S2/c1-3-4-5-6-11-28-23(30)19(33-24(28)32)14-18-20(25-15-17-10-8-13-31-17)26-21-16(2)9-7-12-27(21)22(18)29/h7-10,12-14,25H,3-6,11,15H2,1-2H3. The van der Waals surface area contributed by atoms with Crippen molar-refractivity contribution in [2.45, 2.75) is 46.1 Å². The number of aromatic nitrogens is 2. The summed E-state index contributed by atoms with van der Waals surface area (Å²) >= 11 is 6.68. The van der Waals surface area contributed by atoms with Gasteiger partial charge in [0.25, 0.3) is 11.5 Å². The normalized spacial score (nSPS) is 15.2. The number of anilines is 1. The molecule has 0 atom stereocenters. The Morgan fingerprint density at radius 3 is 2.82 bits per heavy atom. The van der Waals surface area contributed by atoms with Crippen molar-refractivity contribution in [1.82, 2.24) is 14.3 Å². The minimum atomic E-state index is -0.251. The number of fused-ring (bicyclic) bond motifs is 1. The molecule has 1 amide bonds. The van der Waals surface area contributed by atoms with Crippen molar-refractivity contribution in [3.05, 3.63) is 68.9 Å². The number of nitrogens with one attached hydrogen (secondary N) is 1. The van der Waals surface area contributed by atoms with E-state index in [1.807, 2.05) is 19.1 Å². The maximum absolute atomic E-state index is 13.4. The number of pyridine rings is 1. The Balaban J connectivity index is 1.69. The van der Waals surface area contributed by atoms with Crippen molar-refractivity contribution in [2.75, 3.05) is 11.9 Å². The van der Waals surface area contributed by atoms with Crippen LogP contribution in [0.4, 0.5) is 5.82 Å². The van der Waals surface area contributed by atoms with Gasteiger partial charge in [0.1, 0.15) is 21.5 Å². The third-order valence-electron chi connectivity index (χ3n) is 5.48. The van der Waals surface area contributed by atoms with Crippen molar-refractivity contribution in [1.29, 1.82) is 0 Å². The van der Waals surface area contributed by atoms with E-state index in [0.29, 0.717) is 45.1 Å². The molecule has 0 bridgehead atoms. The predicted molar refractivity (Wildman–Crippen MR) is 136 cm³/mol. The zero-order valence-electron chi connectivity index (χ0n) is 18.7. The zero-order valence-corrected chi connectivity index (χ0v) is 20.3. The van der Waals surface area contributed by atoms with Crippen molar-refractivity contribution < 1.29 is 9.21 Å². The molecule has 9 heteroatoms. The molecule has 1 N–H and O–H groups in total. The van der Waals surface area contributed by atoms with E-state index >= 15 is 0 Å². The highest BCUT2D eigenvalue weighted by atomic mass is 32.2. The van der Waals surface area contributed by atoms with Crippen LogP contribution >= 0.6 is 24.0 Å². The van der Waals surface area contributed by atoms with Gasteiger partial charge in [-0.15, -0.1) is 0 Å². The van der Waals surface area contributed by atoms with Crippen LogP contribution in [0.3, 0.4) is 0 Å². The lowest BCUT2D eigenvalue weighted by atomic mass is 10.2. The van der Waals surface area contributed by atoms with Gasteiger partial charge in [-0.25, -0.2) is 4.98 Å². The van der Waals surface area contributed by atoms with Crippen LogP contribution in [0.5, 0.6) is 0 Å². The van der Waals surface area contributed by atoms with Gasteiger partial charge in [-0.2, -0.15) is 0 Å². The van der Waals surface area contributed by atoms with Gasteiger partial charge in [-0.1, -0.05) is 56.2 Å². The summed E-state index contributed by atoms with van der Waals surface area (Å²) in [6.45, 7) is 5.01. The number of thiocarbonyl (C=S) groups is 1. The topological polar surface area (TPSA) is 79.8 Å². The molecule has 4 heterocycles. The number of hydrogen-bond donors (Lipinski definition) is 1. The Kier molecular flexibility index (Phi) is 7.29. The summed E-state index contributed by atoms with van der Waals surface area (Å²) in [6, 6.07) is 7.36. The number of amides is 1. The maximum Gasteiger partial charge on any atom is 0.267 e. The number of thioether (sulfide) groups is 1. The van der Waals surface area contributed by atoms with Crippen molar-refractivity contribution in [2.24, 2.45) is 0 Å². The highest BCUT2D eigenvalue weighted by Crippen LogP contribution is 2.33. The number of carbonyl (C=O) groups excluding carboxylic acids is 1. The smallest absolute Gasteiger partial charge is 0.267 e. The Bertz CT molecular complexity index is 1260. The van der Waals surface area contributed by atoms with E-state index in [1.54, 1.807) is 35.6 Å². The second kappa shape index (κ2) is 10.4. The van der Waals surface area contributed by atoms with Gasteiger partial charge in [0.15, 0.2) is 0 Å². The minimum Gasteiger partial charge on any atom is -0.467 e. The van der Waals surface area contributed by atoms with E-state index in [2.05, 4.69) is 12.2 Å². The summed E-state index contributed by atoms with van der Waals surface area (Å²) in [5.74, 6) is 0.956. The molecule has 33 heavy (non-hydrogen) atoms. The minimum absolute atomic E-state index is 0.160. The first-order valence-electron chi connectivity index (χ1n) is 11.0. The van der Waals surface area contributed by atoms with Crippen LogP contribution in [-0.4, -0.2) is 31.1 Å². The summed E-state index contributed by atoms with van der Waals surface area (Å²) < 4.78 is 7.43. The Hall–Kier alpha value is -2.91. The number of hydrogen-bond acceptors (Lipinski definition) is 7. The molecule has 0 unspecified atom stereocenters. The summed E-state index contributed by atoms with van der Waals surface area (Å²) in [5, 5.41) is 3.21. The van der Waals surface area contributed by atoms with E-state index in [0.717, 1.165) is 31.2 Å². The van der Waals surface area contributed by atoms with Crippen LogP contribution in [0.1, 0.15) is 49.5 Å². The fourth-order valence-electron chi connectivity index (χ4n) is 3.68. The number of rotatable bonds is 9. The molecule has 0 saturated carbocycles. The SMILES string of the molecule is CCCCCCN1C(=O)C(=Cc2c(NCc3ccco3)nc3c(C)cccn3c2=O)SC1=S. The van der Waals surface area contributed by atoms with Gasteiger partial charge in [-0.05, 0) is 43.2 Å². The highest BCUT2D eigenvalue weighted by Gasteiger charge is 2.32. The molecule has 1 fully saturated rings. The highest BCUT2D eigenvalue weighted by molar-refractivity contribution is 8.26. The number of unbranched alkanes of at least 4 members (excludes halogenated alkanes) is 3. The van der Waals surface area contributed by atoms with Crippen LogP contribution < -0.4 is 10.9 Å². The monoisotopic (exact) mass is 482 g/mol. The molecule has 7 nitrogen and oxygen atoms in total. The fraction of sp³-hybridized carbons (Fsp3) is 0.333. The van der Waals surface area contributed by atoms with Gasteiger partial charge < -0.3 is 9.73 Å². The first-order chi connectivity index (χ1) is 16.0. The summed E-state index contributed by atoms with van der Waals surface area (Å²) in [6.07, 6.45) is 9.12. The lowest BCUT2D eigenvalue weighted by Crippen LogP contribution is -2.29. The molecule has 1 aliphatic heterocycles. The molecule has 3 aromatic rings. The third kappa shape index (κ3) is 5.04. The quantitative estimate of drug-likeness (QED) is 0.261. The van der Waals surface area contributed by atoms with Crippen LogP contribution in [0.2, 0.25) is 0 Å². The largest absolute Gasteiger partial charge is 0.467 e. The molecule has 4 rings (SSSR count). The third-order valence-corrected chi connectivity index (χ3v) is 6.86. The molecule has 0 aliphatic carbocycles. The average Bonchev–Trinajstić information content (AvgIpc) is 3.41. The summed E-state index contributed by atoms with van der Waals surface area (Å²) in [7, 11) is 0. The molecular weight excluding hydrogens is 456 g/mol. The van der Waals surface area contributed by atoms with Crippen molar-refractivity contribution >= 4 is 51.7 Å². The average molecular weight is 483 g/mol. The van der Waals surface area contributed by atoms with E-state index in [1.165, 1.54) is 16.2 Å². The van der Waals surface area contributed by atoms with Crippen molar-refractivity contribution in [3.8, 4) is 0 Å². The second-order valence-corrected chi connectivity index (χ2v) is 9.57. The first kappa shape index (κ1) is 23.3. The van der Waals surface area contributed by atoms with Gasteiger partial charge in [0.2, 0.25) is 0 Å². The van der Waals surface area contributed by atoms with E-state index in [4.69, 9.17) is 21.6 Å². The second-order valence-electron chi connectivity index (χ2n) is 7.89. The summed E-state index contributed by atoms with van der Waals surface area (Å²) in [5.41, 5.74) is 1.50. The van der Waals surface area contributed by atoms with E-state index < -0.39 is 0 Å². The van der Waals surface area contributed by atoms with Gasteiger partial charge in [0, 0.05) is 12.7 Å². The van der Waals surface area contributed by atoms with Crippen molar-refractivity contribution in [3.63, 3.8) is 0 Å². The van der Waals surface area contributed by atoms with Crippen LogP contribution in [0, 0.1) is 6.92 Å². The molecule has 1 saturated heterocycles. The molecule has 0 spiro atoms. The first-order valence-corrected chi connectivity index (χ1v) is 12.3. The van der Waals surface area contributed by atoms with E-state index in [9.17, 15) is 9.59 Å². The number of furan rings is 1. The number of nitrogens with zero attached hydrogens (tertiary/aromatic N) is 3. The lowest BCUT2D eigenvalue weighted by molar-refractivity contribution is -0.122. The molecule has 1 aliphatic rings. The molecule has 0 aromatic carbocycles. The molecule has 3 aromatic heterocycles. The maximum atomic E-state index is 13.4. The van der Waals surface area contributed by atoms with Crippen LogP contribution in [0.25, 0.3) is 11.7 Å². The zero-order chi connectivity index (χ0) is 23.4. The van der Waals surface area contributed by atoms with Gasteiger partial charge in [0.05, 0.1) is 23.3 Å². The van der Waals surface area contributed by atoms with Crippen LogP contribution in [-0.2, 0) is 11.3 Å². The summed E-state index contributed by atoms with van der Waals surface area (Å²) in [4.78, 5) is 33.2. The molecule has 172 valence electrons. The molecular formula is C24H26N4O3S2. The number of carbonyl (C=O) groups is 1. The molecule has 0 radical (unpaired) electrons. The Morgan fingerprint density at radius 2 is 2.06 bits per heavy atom. The van der Waals surface area contributed by atoms with Gasteiger partial charge >= 0.3 is 0 Å². The van der Waals surface area contributed by atoms with E-state index in [-0.39, 0.29) is 11.5 Å². The lowest BCUT2D eigenvalue weighted by Gasteiger charge is -2.14.